The lowest BCUT2D eigenvalue weighted by atomic mass is 10.2. The van der Waals surface area contributed by atoms with E-state index in [0.29, 0.717) is 12.4 Å². The molecule has 0 aliphatic heterocycles. The second kappa shape index (κ2) is 4.80. The predicted octanol–water partition coefficient (Wildman–Crippen LogP) is 3.48. The van der Waals surface area contributed by atoms with E-state index in [1.807, 2.05) is 26.8 Å². The Balaban J connectivity index is 2.67. The zero-order valence-electron chi connectivity index (χ0n) is 8.80. The summed E-state index contributed by atoms with van der Waals surface area (Å²) < 4.78 is 18.4. The Bertz CT molecular complexity index is 338. The summed E-state index contributed by atoms with van der Waals surface area (Å²) in [6, 6.07) is 4.85. The van der Waals surface area contributed by atoms with Crippen molar-refractivity contribution in [2.45, 2.75) is 20.8 Å². The van der Waals surface area contributed by atoms with Crippen LogP contribution in [0.5, 0.6) is 5.75 Å². The van der Waals surface area contributed by atoms with Crippen LogP contribution in [0.4, 0.5) is 4.39 Å². The van der Waals surface area contributed by atoms with Crippen molar-refractivity contribution < 1.29 is 9.13 Å². The number of rotatable bonds is 3. The molecule has 1 aromatic rings. The zero-order chi connectivity index (χ0) is 10.6. The normalized spacial score (nSPS) is 9.71. The summed E-state index contributed by atoms with van der Waals surface area (Å²) in [5.41, 5.74) is 2.16. The minimum atomic E-state index is -0.308. The molecule has 0 radical (unpaired) electrons. The van der Waals surface area contributed by atoms with E-state index in [0.717, 1.165) is 11.1 Å². The smallest absolute Gasteiger partial charge is 0.165 e. The van der Waals surface area contributed by atoms with Crippen molar-refractivity contribution in [3.8, 4) is 5.75 Å². The van der Waals surface area contributed by atoms with Crippen LogP contribution in [-0.4, -0.2) is 6.61 Å². The zero-order valence-corrected chi connectivity index (χ0v) is 8.80. The van der Waals surface area contributed by atoms with Gasteiger partial charge in [0.1, 0.15) is 6.61 Å². The molecule has 0 unspecified atom stereocenters. The number of halogens is 1. The van der Waals surface area contributed by atoms with Crippen LogP contribution in [0.2, 0.25) is 0 Å². The second-order valence-corrected chi connectivity index (χ2v) is 3.53. The highest BCUT2D eigenvalue weighted by Gasteiger charge is 2.01. The van der Waals surface area contributed by atoms with E-state index in [2.05, 4.69) is 0 Å². The molecule has 1 aromatic carbocycles. The maximum Gasteiger partial charge on any atom is 0.165 e. The number of allylic oxidation sites excluding steroid dienone is 1. The maximum atomic E-state index is 13.1. The number of benzene rings is 1. The Hall–Kier alpha value is -1.31. The van der Waals surface area contributed by atoms with Gasteiger partial charge in [0, 0.05) is 0 Å². The first-order valence-corrected chi connectivity index (χ1v) is 4.62. The molecule has 0 aromatic heterocycles. The van der Waals surface area contributed by atoms with Gasteiger partial charge in [0.2, 0.25) is 0 Å². The minimum Gasteiger partial charge on any atom is -0.486 e. The Morgan fingerprint density at radius 1 is 1.43 bits per heavy atom. The molecular weight excluding hydrogens is 179 g/mol. The molecule has 0 saturated heterocycles. The molecular formula is C12H15FO. The van der Waals surface area contributed by atoms with E-state index >= 15 is 0 Å². The van der Waals surface area contributed by atoms with E-state index in [4.69, 9.17) is 4.74 Å². The van der Waals surface area contributed by atoms with Crippen molar-refractivity contribution in [3.63, 3.8) is 0 Å². The number of ether oxygens (including phenoxy) is 1. The van der Waals surface area contributed by atoms with Crippen LogP contribution < -0.4 is 4.74 Å². The van der Waals surface area contributed by atoms with Crippen LogP contribution in [-0.2, 0) is 0 Å². The van der Waals surface area contributed by atoms with Crippen LogP contribution in [0.1, 0.15) is 19.4 Å². The monoisotopic (exact) mass is 194 g/mol. The molecule has 0 amide bonds. The molecule has 0 atom stereocenters. The molecule has 1 nitrogen and oxygen atoms in total. The van der Waals surface area contributed by atoms with Crippen molar-refractivity contribution >= 4 is 0 Å². The van der Waals surface area contributed by atoms with Gasteiger partial charge in [-0.3, -0.25) is 0 Å². The Morgan fingerprint density at radius 2 is 2.14 bits per heavy atom. The Morgan fingerprint density at radius 3 is 2.79 bits per heavy atom. The average molecular weight is 194 g/mol. The summed E-state index contributed by atoms with van der Waals surface area (Å²) in [6.45, 7) is 6.29. The van der Waals surface area contributed by atoms with Gasteiger partial charge in [0.05, 0.1) is 0 Å². The number of hydrogen-bond acceptors (Lipinski definition) is 1. The van der Waals surface area contributed by atoms with Crippen LogP contribution in [0.3, 0.4) is 0 Å². The summed E-state index contributed by atoms with van der Waals surface area (Å²) in [5.74, 6) is 0.0141. The van der Waals surface area contributed by atoms with E-state index in [1.165, 1.54) is 6.07 Å². The van der Waals surface area contributed by atoms with Crippen molar-refractivity contribution in [1.82, 2.24) is 0 Å². The third-order valence-electron chi connectivity index (χ3n) is 1.82. The highest BCUT2D eigenvalue weighted by atomic mass is 19.1. The number of hydrogen-bond donors (Lipinski definition) is 0. The van der Waals surface area contributed by atoms with Gasteiger partial charge in [-0.05, 0) is 44.5 Å². The van der Waals surface area contributed by atoms with Crippen LogP contribution >= 0.6 is 0 Å². The lowest BCUT2D eigenvalue weighted by Gasteiger charge is -2.05. The van der Waals surface area contributed by atoms with E-state index < -0.39 is 0 Å². The van der Waals surface area contributed by atoms with Crippen molar-refractivity contribution in [2.24, 2.45) is 0 Å². The Kier molecular flexibility index (Phi) is 3.69. The molecule has 1 rings (SSSR count). The van der Waals surface area contributed by atoms with Gasteiger partial charge in [-0.15, -0.1) is 0 Å². The van der Waals surface area contributed by atoms with Gasteiger partial charge in [-0.1, -0.05) is 11.6 Å². The topological polar surface area (TPSA) is 9.23 Å². The van der Waals surface area contributed by atoms with Crippen LogP contribution in [0.15, 0.2) is 29.8 Å². The number of aryl methyl sites for hydroxylation is 1. The molecule has 0 heterocycles. The van der Waals surface area contributed by atoms with Gasteiger partial charge >= 0.3 is 0 Å². The molecule has 2 heteroatoms. The van der Waals surface area contributed by atoms with Gasteiger partial charge in [0.25, 0.3) is 0 Å². The quantitative estimate of drug-likeness (QED) is 0.669. The fraction of sp³-hybridized carbons (Fsp3) is 0.333. The molecule has 0 N–H and O–H groups in total. The maximum absolute atomic E-state index is 13.1. The SMILES string of the molecule is CC(C)=CCOc1cc(C)ccc1F. The fourth-order valence-corrected chi connectivity index (χ4v) is 1.02. The van der Waals surface area contributed by atoms with E-state index in [1.54, 1.807) is 12.1 Å². The van der Waals surface area contributed by atoms with Crippen molar-refractivity contribution in [1.29, 1.82) is 0 Å². The second-order valence-electron chi connectivity index (χ2n) is 3.53. The average Bonchev–Trinajstić information content (AvgIpc) is 2.10. The minimum absolute atomic E-state index is 0.308. The highest BCUT2D eigenvalue weighted by Crippen LogP contribution is 2.18. The van der Waals surface area contributed by atoms with Crippen LogP contribution in [0, 0.1) is 12.7 Å². The molecule has 0 spiro atoms. The first kappa shape index (κ1) is 10.8. The van der Waals surface area contributed by atoms with Crippen LogP contribution in [0.25, 0.3) is 0 Å². The summed E-state index contributed by atoms with van der Waals surface area (Å²) in [4.78, 5) is 0. The predicted molar refractivity (Wildman–Crippen MR) is 56.1 cm³/mol. The van der Waals surface area contributed by atoms with Gasteiger partial charge in [-0.2, -0.15) is 0 Å². The third-order valence-corrected chi connectivity index (χ3v) is 1.82. The highest BCUT2D eigenvalue weighted by molar-refractivity contribution is 5.29. The first-order valence-electron chi connectivity index (χ1n) is 4.62. The molecule has 0 fully saturated rings. The molecule has 14 heavy (non-hydrogen) atoms. The van der Waals surface area contributed by atoms with Gasteiger partial charge < -0.3 is 4.74 Å². The molecule has 0 saturated carbocycles. The summed E-state index contributed by atoms with van der Waals surface area (Å²) in [7, 11) is 0. The first-order chi connectivity index (χ1) is 6.59. The van der Waals surface area contributed by atoms with Crippen molar-refractivity contribution in [3.05, 3.63) is 41.2 Å². The van der Waals surface area contributed by atoms with E-state index in [-0.39, 0.29) is 5.82 Å². The molecule has 0 bridgehead atoms. The standard InChI is InChI=1S/C12H15FO/c1-9(2)6-7-14-12-8-10(3)4-5-11(12)13/h4-6,8H,7H2,1-3H3. The van der Waals surface area contributed by atoms with Gasteiger partial charge in [0.15, 0.2) is 11.6 Å². The fourth-order valence-electron chi connectivity index (χ4n) is 1.02. The molecule has 76 valence electrons. The largest absolute Gasteiger partial charge is 0.486 e. The third kappa shape index (κ3) is 3.21. The summed E-state index contributed by atoms with van der Waals surface area (Å²) in [6.07, 6.45) is 1.92. The van der Waals surface area contributed by atoms with E-state index in [9.17, 15) is 4.39 Å². The summed E-state index contributed by atoms with van der Waals surface area (Å²) in [5, 5.41) is 0. The lowest BCUT2D eigenvalue weighted by molar-refractivity contribution is 0.340. The Labute approximate surface area is 84.2 Å². The van der Waals surface area contributed by atoms with Gasteiger partial charge in [-0.25, -0.2) is 4.39 Å². The molecule has 0 aliphatic carbocycles. The summed E-state index contributed by atoms with van der Waals surface area (Å²) >= 11 is 0. The van der Waals surface area contributed by atoms with Crippen molar-refractivity contribution in [2.75, 3.05) is 6.61 Å². The lowest BCUT2D eigenvalue weighted by Crippen LogP contribution is -1.96. The molecule has 0 aliphatic rings.